The third-order valence-corrected chi connectivity index (χ3v) is 10.1. The van der Waals surface area contributed by atoms with Crippen LogP contribution in [-0.4, -0.2) is 44.4 Å². The third kappa shape index (κ3) is 11.7. The number of halogens is 5. The van der Waals surface area contributed by atoms with E-state index in [2.05, 4.69) is 113 Å². The number of phenols is 2. The molecule has 0 saturated heterocycles. The van der Waals surface area contributed by atoms with E-state index in [1.807, 2.05) is 18.2 Å². The molecule has 0 fully saturated rings. The number of hydrogen-bond donors (Lipinski definition) is 6. The van der Waals surface area contributed by atoms with Gasteiger partial charge in [-0.15, -0.1) is 0 Å². The lowest BCUT2D eigenvalue weighted by molar-refractivity contribution is -0.139. The van der Waals surface area contributed by atoms with Crippen LogP contribution in [0.15, 0.2) is 66.7 Å². The van der Waals surface area contributed by atoms with E-state index in [4.69, 9.17) is 31.2 Å². The van der Waals surface area contributed by atoms with Gasteiger partial charge in [0.15, 0.2) is 5.75 Å². The lowest BCUT2D eigenvalue weighted by Gasteiger charge is -2.14. The predicted molar refractivity (Wildman–Crippen MR) is 211 cm³/mol. The van der Waals surface area contributed by atoms with Gasteiger partial charge in [-0.2, -0.15) is 0 Å². The third-order valence-electron chi connectivity index (χ3n) is 5.90. The molecule has 0 amide bonds. The maximum absolute atomic E-state index is 10.9. The summed E-state index contributed by atoms with van der Waals surface area (Å²) in [5.41, 5.74) is 12.8. The molecule has 4 rings (SSSR count). The van der Waals surface area contributed by atoms with Crippen molar-refractivity contribution < 1.29 is 39.5 Å². The zero-order chi connectivity index (χ0) is 33.4. The van der Waals surface area contributed by atoms with Crippen LogP contribution in [0.5, 0.6) is 34.5 Å². The van der Waals surface area contributed by atoms with Crippen LogP contribution in [0.25, 0.3) is 0 Å². The Morgan fingerprint density at radius 2 is 1.11 bits per heavy atom. The molecule has 0 radical (unpaired) electrons. The second kappa shape index (κ2) is 17.7. The highest BCUT2D eigenvalue weighted by Gasteiger charge is 2.17. The van der Waals surface area contributed by atoms with E-state index in [1.165, 1.54) is 0 Å². The first kappa shape index (κ1) is 38.0. The number of carboxylic acid groups (broad SMARTS) is 2. The monoisotopic (exact) mass is 1180 g/mol. The number of rotatable bonds is 10. The lowest BCUT2D eigenvalue weighted by Crippen LogP contribution is -2.32. The van der Waals surface area contributed by atoms with Crippen molar-refractivity contribution >= 4 is 125 Å². The molecule has 0 heterocycles. The standard InChI is InChI=1S/C15H11I4NO4.C15H14INO4/c16-8-4-7(5-9(17)13(8)21)24-14-10(18)1-6(2-11(14)19)3-12(20)15(22)23;16-13-8-12(21-11-5-2-10(18)3-6-11)4-1-9(13)7-14(17)15(19)20/h1-2,4-5,12,21H,3,20H2,(H,22,23);1-6,8,14,18H,7,17H2,(H,19,20). The normalized spacial score (nSPS) is 12.0. The molecule has 2 unspecified atom stereocenters. The second-order valence-electron chi connectivity index (χ2n) is 9.37. The molecule has 15 heteroatoms. The number of carboxylic acids is 2. The number of carbonyl (C=O) groups is 2. The fraction of sp³-hybridized carbons (Fsp3) is 0.133. The SMILES string of the molecule is NC(Cc1cc(I)c(Oc2cc(I)c(O)c(I)c2)c(I)c1)C(=O)O.NC(Cc1ccc(Oc2ccc(O)cc2)cc1I)C(=O)O. The number of hydrogen-bond acceptors (Lipinski definition) is 8. The van der Waals surface area contributed by atoms with Crippen LogP contribution in [0.3, 0.4) is 0 Å². The summed E-state index contributed by atoms with van der Waals surface area (Å²) in [5, 5.41) is 36.8. The molecule has 45 heavy (non-hydrogen) atoms. The minimum absolute atomic E-state index is 0.176. The Morgan fingerprint density at radius 3 is 1.62 bits per heavy atom. The van der Waals surface area contributed by atoms with Crippen LogP contribution >= 0.6 is 113 Å². The van der Waals surface area contributed by atoms with Gasteiger partial charge in [0, 0.05) is 3.57 Å². The average Bonchev–Trinajstić information content (AvgIpc) is 2.96. The summed E-state index contributed by atoms with van der Waals surface area (Å²) in [4.78, 5) is 21.7. The molecule has 0 bridgehead atoms. The minimum atomic E-state index is -1.02. The van der Waals surface area contributed by atoms with Gasteiger partial charge in [-0.05, 0) is 198 Å². The van der Waals surface area contributed by atoms with Crippen molar-refractivity contribution in [1.29, 1.82) is 0 Å². The highest BCUT2D eigenvalue weighted by molar-refractivity contribution is 14.1. The summed E-state index contributed by atoms with van der Waals surface area (Å²) < 4.78 is 15.7. The van der Waals surface area contributed by atoms with Crippen LogP contribution in [-0.2, 0) is 22.4 Å². The summed E-state index contributed by atoms with van der Waals surface area (Å²) in [6, 6.07) is 17.2. The molecule has 0 spiro atoms. The molecule has 0 saturated carbocycles. The van der Waals surface area contributed by atoms with Crippen LogP contribution in [0.1, 0.15) is 11.1 Å². The smallest absolute Gasteiger partial charge is 0.320 e. The average molecular weight is 1180 g/mol. The summed E-state index contributed by atoms with van der Waals surface area (Å²) in [6.45, 7) is 0. The highest BCUT2D eigenvalue weighted by Crippen LogP contribution is 2.37. The largest absolute Gasteiger partial charge is 0.508 e. The Bertz CT molecular complexity index is 1640. The molecule has 2 atom stereocenters. The van der Waals surface area contributed by atoms with Crippen molar-refractivity contribution in [2.24, 2.45) is 11.5 Å². The Labute approximate surface area is 327 Å². The number of aliphatic carboxylic acids is 2. The number of aromatic hydroxyl groups is 2. The van der Waals surface area contributed by atoms with E-state index < -0.39 is 24.0 Å². The van der Waals surface area contributed by atoms with Gasteiger partial charge in [-0.1, -0.05) is 6.07 Å². The van der Waals surface area contributed by atoms with Gasteiger partial charge in [0.25, 0.3) is 0 Å². The van der Waals surface area contributed by atoms with Crippen LogP contribution in [0.4, 0.5) is 0 Å². The fourth-order valence-corrected chi connectivity index (χ4v) is 8.15. The molecule has 0 aliphatic heterocycles. The second-order valence-corrected chi connectivity index (χ2v) is 15.2. The number of nitrogens with two attached hydrogens (primary N) is 2. The maximum Gasteiger partial charge on any atom is 0.320 e. The molecule has 8 N–H and O–H groups in total. The van der Waals surface area contributed by atoms with E-state index in [9.17, 15) is 19.8 Å². The molecule has 0 aromatic heterocycles. The van der Waals surface area contributed by atoms with Gasteiger partial charge in [0.05, 0.1) is 14.3 Å². The molecule has 4 aromatic carbocycles. The Morgan fingerprint density at radius 1 is 0.622 bits per heavy atom. The summed E-state index contributed by atoms with van der Waals surface area (Å²) >= 11 is 10.5. The lowest BCUT2D eigenvalue weighted by atomic mass is 10.1. The van der Waals surface area contributed by atoms with E-state index in [1.54, 1.807) is 48.5 Å². The van der Waals surface area contributed by atoms with Crippen LogP contribution < -0.4 is 20.9 Å². The Kier molecular flexibility index (Phi) is 14.9. The molecular weight excluding hydrogens is 1150 g/mol. The number of phenolic OH excluding ortho intramolecular Hbond substituents is 2. The van der Waals surface area contributed by atoms with E-state index in [0.717, 1.165) is 21.8 Å². The first-order chi connectivity index (χ1) is 21.1. The van der Waals surface area contributed by atoms with Gasteiger partial charge in [0.2, 0.25) is 0 Å². The molecule has 0 aliphatic rings. The predicted octanol–water partition coefficient (Wildman–Crippen LogP) is 7.30. The van der Waals surface area contributed by atoms with Crippen LogP contribution in [0, 0.1) is 17.9 Å². The first-order valence-electron chi connectivity index (χ1n) is 12.7. The molecule has 0 aliphatic carbocycles. The van der Waals surface area contributed by atoms with Gasteiger partial charge < -0.3 is 41.4 Å². The quantitative estimate of drug-likeness (QED) is 0.0881. The van der Waals surface area contributed by atoms with E-state index >= 15 is 0 Å². The molecule has 238 valence electrons. The molecule has 10 nitrogen and oxygen atoms in total. The maximum atomic E-state index is 10.9. The van der Waals surface area contributed by atoms with Crippen molar-refractivity contribution in [1.82, 2.24) is 0 Å². The number of ether oxygens (including phenoxy) is 2. The molecular formula is C30H25I5N2O8. The zero-order valence-corrected chi connectivity index (χ0v) is 33.7. The topological polar surface area (TPSA) is 186 Å². The minimum Gasteiger partial charge on any atom is -0.508 e. The van der Waals surface area contributed by atoms with Gasteiger partial charge in [-0.25, -0.2) is 0 Å². The van der Waals surface area contributed by atoms with Crippen molar-refractivity contribution in [2.75, 3.05) is 0 Å². The van der Waals surface area contributed by atoms with E-state index in [-0.39, 0.29) is 24.3 Å². The fourth-order valence-electron chi connectivity index (χ4n) is 3.62. The van der Waals surface area contributed by atoms with Crippen molar-refractivity contribution in [3.8, 4) is 34.5 Å². The zero-order valence-electron chi connectivity index (χ0n) is 22.9. The van der Waals surface area contributed by atoms with E-state index in [0.29, 0.717) is 30.1 Å². The van der Waals surface area contributed by atoms with Crippen molar-refractivity contribution in [3.63, 3.8) is 0 Å². The van der Waals surface area contributed by atoms with Gasteiger partial charge in [-0.3, -0.25) is 9.59 Å². The highest BCUT2D eigenvalue weighted by atomic mass is 127. The summed E-state index contributed by atoms with van der Waals surface area (Å²) in [7, 11) is 0. The first-order valence-corrected chi connectivity index (χ1v) is 18.1. The number of benzene rings is 4. The van der Waals surface area contributed by atoms with Gasteiger partial charge in [0.1, 0.15) is 40.8 Å². The van der Waals surface area contributed by atoms with Crippen LogP contribution in [0.2, 0.25) is 0 Å². The summed E-state index contributed by atoms with van der Waals surface area (Å²) in [6.07, 6.45) is 0.531. The van der Waals surface area contributed by atoms with Crippen molar-refractivity contribution in [2.45, 2.75) is 24.9 Å². The Hall–Kier alpha value is -1.41. The molecule has 4 aromatic rings. The van der Waals surface area contributed by atoms with Gasteiger partial charge >= 0.3 is 11.9 Å². The van der Waals surface area contributed by atoms with Crippen molar-refractivity contribution in [3.05, 3.63) is 95.7 Å². The summed E-state index contributed by atoms with van der Waals surface area (Å²) in [5.74, 6) is 0.953. The Balaban J connectivity index is 0.000000248.